The first-order valence-corrected chi connectivity index (χ1v) is 12.0. The maximum Gasteiger partial charge on any atom is 0.305 e. The lowest BCUT2D eigenvalue weighted by atomic mass is 9.77. The van der Waals surface area contributed by atoms with E-state index in [4.69, 9.17) is 14.7 Å². The highest BCUT2D eigenvalue weighted by Crippen LogP contribution is 2.34. The molecule has 1 aromatic carbocycles. The van der Waals surface area contributed by atoms with E-state index >= 15 is 0 Å². The van der Waals surface area contributed by atoms with E-state index in [-0.39, 0.29) is 18.4 Å². The number of carbonyl (C=O) groups is 1. The molecule has 1 aromatic heterocycles. The average Bonchev–Trinajstić information content (AvgIpc) is 2.92. The second kappa shape index (κ2) is 10.4. The van der Waals surface area contributed by atoms with Gasteiger partial charge in [0.2, 0.25) is 0 Å². The van der Waals surface area contributed by atoms with Crippen molar-refractivity contribution in [2.45, 2.75) is 45.1 Å². The van der Waals surface area contributed by atoms with Crippen LogP contribution in [0.3, 0.4) is 0 Å². The molecule has 2 aromatic rings. The number of halogens is 1. The number of nitrogens with one attached hydrogen (secondary N) is 1. The summed E-state index contributed by atoms with van der Waals surface area (Å²) in [6, 6.07) is 11.6. The van der Waals surface area contributed by atoms with Gasteiger partial charge in [-0.3, -0.25) is 19.8 Å². The molecule has 2 aliphatic rings. The number of esters is 1. The number of nitrogens with zero attached hydrogens (tertiary/aromatic N) is 3. The van der Waals surface area contributed by atoms with Crippen LogP contribution in [0, 0.1) is 11.8 Å². The molecule has 1 aliphatic heterocycles. The van der Waals surface area contributed by atoms with E-state index in [1.54, 1.807) is 6.20 Å². The fourth-order valence-corrected chi connectivity index (χ4v) is 4.50. The summed E-state index contributed by atoms with van der Waals surface area (Å²) in [7, 11) is 1.42. The number of ether oxygens (including phenoxy) is 1. The molecule has 1 unspecified atom stereocenters. The van der Waals surface area contributed by atoms with Crippen LogP contribution in [0.4, 0.5) is 5.69 Å². The molecule has 0 saturated heterocycles. The summed E-state index contributed by atoms with van der Waals surface area (Å²) in [5.74, 6) is 1.85. The molecule has 0 radical (unpaired) electrons. The number of amidine groups is 1. The van der Waals surface area contributed by atoms with Crippen LogP contribution in [-0.2, 0) is 9.53 Å². The molecule has 0 amide bonds. The first-order chi connectivity index (χ1) is 15.5. The lowest BCUT2D eigenvalue weighted by Crippen LogP contribution is -2.29. The van der Waals surface area contributed by atoms with Crippen molar-refractivity contribution in [1.82, 2.24) is 4.98 Å². The molecule has 2 atom stereocenters. The fraction of sp³-hybridized carbons (Fsp3) is 0.440. The first-order valence-electron chi connectivity index (χ1n) is 11.2. The second-order valence-electron chi connectivity index (χ2n) is 8.53. The van der Waals surface area contributed by atoms with Crippen molar-refractivity contribution >= 4 is 39.1 Å². The summed E-state index contributed by atoms with van der Waals surface area (Å²) in [6.45, 7) is 3.03. The molecule has 168 valence electrons. The molecule has 4 rings (SSSR count). The predicted octanol–water partition coefficient (Wildman–Crippen LogP) is 5.26. The van der Waals surface area contributed by atoms with Crippen LogP contribution in [0.25, 0.3) is 0 Å². The topological polar surface area (TPSA) is 75.9 Å². The number of benzodiazepines with no additional fused rings is 1. The Morgan fingerprint density at radius 2 is 2.16 bits per heavy atom. The molecule has 0 bridgehead atoms. The maximum atomic E-state index is 11.9. The fourth-order valence-electron chi connectivity index (χ4n) is 4.14. The van der Waals surface area contributed by atoms with E-state index < -0.39 is 0 Å². The Morgan fingerprint density at radius 3 is 2.84 bits per heavy atom. The Morgan fingerprint density at radius 1 is 1.31 bits per heavy atom. The number of hydrogen-bond donors (Lipinski definition) is 1. The Kier molecular flexibility index (Phi) is 7.35. The molecule has 32 heavy (non-hydrogen) atoms. The summed E-state index contributed by atoms with van der Waals surface area (Å²) >= 11 is 3.59. The highest BCUT2D eigenvalue weighted by Gasteiger charge is 2.27. The third-order valence-corrected chi connectivity index (χ3v) is 6.85. The lowest BCUT2D eigenvalue weighted by Gasteiger charge is -2.30. The molecular formula is C25H29BrN4O2. The van der Waals surface area contributed by atoms with Crippen molar-refractivity contribution < 1.29 is 9.53 Å². The molecule has 0 spiro atoms. The molecule has 1 fully saturated rings. The van der Waals surface area contributed by atoms with E-state index in [0.717, 1.165) is 45.4 Å². The number of methoxy groups -OCH3 is 1. The summed E-state index contributed by atoms with van der Waals surface area (Å²) in [4.78, 5) is 26.6. The summed E-state index contributed by atoms with van der Waals surface area (Å²) in [6.07, 6.45) is 6.48. The van der Waals surface area contributed by atoms with Crippen molar-refractivity contribution in [1.29, 1.82) is 0 Å². The number of fused-ring (bicyclic) bond motifs is 1. The van der Waals surface area contributed by atoms with Crippen LogP contribution in [0.2, 0.25) is 0 Å². The number of carbonyl (C=O) groups excluding carboxylic acids is 1. The molecular weight excluding hydrogens is 468 g/mol. The quantitative estimate of drug-likeness (QED) is 0.530. The summed E-state index contributed by atoms with van der Waals surface area (Å²) < 4.78 is 5.85. The van der Waals surface area contributed by atoms with Gasteiger partial charge in [-0.2, -0.15) is 0 Å². The third-order valence-electron chi connectivity index (χ3n) is 6.36. The number of benzene rings is 1. The van der Waals surface area contributed by atoms with E-state index in [0.29, 0.717) is 12.3 Å². The van der Waals surface area contributed by atoms with Crippen LogP contribution in [-0.4, -0.2) is 42.2 Å². The van der Waals surface area contributed by atoms with Gasteiger partial charge in [0, 0.05) is 34.9 Å². The van der Waals surface area contributed by atoms with Crippen molar-refractivity contribution in [3.8, 4) is 0 Å². The van der Waals surface area contributed by atoms with Gasteiger partial charge in [-0.25, -0.2) is 0 Å². The maximum absolute atomic E-state index is 11.9. The van der Waals surface area contributed by atoms with Gasteiger partial charge in [0.25, 0.3) is 0 Å². The van der Waals surface area contributed by atoms with Gasteiger partial charge in [0.15, 0.2) is 0 Å². The number of rotatable bonds is 7. The summed E-state index contributed by atoms with van der Waals surface area (Å²) in [5.41, 5.74) is 3.48. The van der Waals surface area contributed by atoms with Gasteiger partial charge in [0.05, 0.1) is 18.5 Å². The van der Waals surface area contributed by atoms with Gasteiger partial charge < -0.3 is 10.1 Å². The van der Waals surface area contributed by atoms with Crippen LogP contribution in [0.5, 0.6) is 0 Å². The SMILES string of the molecule is COC(=O)CC[C@@H]1N=C(c2ccccn2)c2cc(Br)ccc2NC1=NCC(C)C1CCC1. The Labute approximate surface area is 197 Å². The number of hydrogen-bond acceptors (Lipinski definition) is 5. The highest BCUT2D eigenvalue weighted by atomic mass is 79.9. The number of aliphatic imine (C=N–C) groups is 2. The minimum atomic E-state index is -0.286. The molecule has 2 heterocycles. The van der Waals surface area contributed by atoms with E-state index in [9.17, 15) is 4.79 Å². The van der Waals surface area contributed by atoms with Gasteiger partial charge in [-0.05, 0) is 48.6 Å². The Hall–Kier alpha value is -2.54. The van der Waals surface area contributed by atoms with Crippen molar-refractivity contribution in [2.24, 2.45) is 21.8 Å². The normalized spacial score (nSPS) is 20.4. The van der Waals surface area contributed by atoms with Crippen LogP contribution < -0.4 is 5.32 Å². The van der Waals surface area contributed by atoms with Crippen molar-refractivity contribution in [3.05, 3.63) is 58.3 Å². The standard InChI is InChI=1S/C25H29BrN4O2/c1-16(17-6-5-7-17)15-28-25-22(11-12-23(31)32-2)29-24(21-8-3-4-13-27-21)19-14-18(26)9-10-20(19)30-25/h3-4,8-10,13-14,16-17,22H,5-7,11-12,15H2,1-2H3,(H,28,30)/t16?,22-/m0/s1. The Balaban J connectivity index is 1.73. The minimum absolute atomic E-state index is 0.244. The zero-order valence-corrected chi connectivity index (χ0v) is 20.1. The monoisotopic (exact) mass is 496 g/mol. The number of anilines is 1. The molecule has 1 N–H and O–H groups in total. The summed E-state index contributed by atoms with van der Waals surface area (Å²) in [5, 5.41) is 3.54. The Bertz CT molecular complexity index is 1020. The van der Waals surface area contributed by atoms with E-state index in [1.165, 1.54) is 26.4 Å². The number of pyridine rings is 1. The van der Waals surface area contributed by atoms with E-state index in [1.807, 2.05) is 36.4 Å². The zero-order chi connectivity index (χ0) is 22.5. The molecule has 1 aliphatic carbocycles. The number of aromatic nitrogens is 1. The lowest BCUT2D eigenvalue weighted by molar-refractivity contribution is -0.140. The van der Waals surface area contributed by atoms with Crippen LogP contribution in [0.15, 0.2) is 57.1 Å². The van der Waals surface area contributed by atoms with Crippen molar-refractivity contribution in [3.63, 3.8) is 0 Å². The van der Waals surface area contributed by atoms with Gasteiger partial charge >= 0.3 is 5.97 Å². The second-order valence-corrected chi connectivity index (χ2v) is 9.45. The largest absolute Gasteiger partial charge is 0.469 e. The van der Waals surface area contributed by atoms with Crippen LogP contribution in [0.1, 0.15) is 50.3 Å². The smallest absolute Gasteiger partial charge is 0.305 e. The first kappa shape index (κ1) is 22.6. The molecule has 7 heteroatoms. The minimum Gasteiger partial charge on any atom is -0.469 e. The van der Waals surface area contributed by atoms with E-state index in [2.05, 4.69) is 33.2 Å². The predicted molar refractivity (Wildman–Crippen MR) is 131 cm³/mol. The van der Waals surface area contributed by atoms with Crippen molar-refractivity contribution in [2.75, 3.05) is 19.0 Å². The van der Waals surface area contributed by atoms with Crippen LogP contribution >= 0.6 is 15.9 Å². The van der Waals surface area contributed by atoms with Gasteiger partial charge in [-0.15, -0.1) is 0 Å². The average molecular weight is 497 g/mol. The molecule has 6 nitrogen and oxygen atoms in total. The highest BCUT2D eigenvalue weighted by molar-refractivity contribution is 9.10. The third kappa shape index (κ3) is 5.26. The zero-order valence-electron chi connectivity index (χ0n) is 18.6. The molecule has 1 saturated carbocycles. The van der Waals surface area contributed by atoms with Gasteiger partial charge in [-0.1, -0.05) is 48.2 Å². The van der Waals surface area contributed by atoms with Gasteiger partial charge in [0.1, 0.15) is 11.9 Å².